The Hall–Kier alpha value is -1.70. The molecule has 0 unspecified atom stereocenters. The number of sulfone groups is 1. The Morgan fingerprint density at radius 1 is 1.30 bits per heavy atom. The second-order valence-corrected chi connectivity index (χ2v) is 7.66. The average molecular weight is 356 g/mol. The van der Waals surface area contributed by atoms with Crippen LogP contribution in [0.1, 0.15) is 13.3 Å². The zero-order valence-corrected chi connectivity index (χ0v) is 14.4. The first-order valence-electron chi connectivity index (χ1n) is 7.00. The topological polar surface area (TPSA) is 92.2 Å². The third-order valence-corrected chi connectivity index (χ3v) is 4.58. The third kappa shape index (κ3) is 4.63. The highest BCUT2D eigenvalue weighted by atomic mass is 35.5. The van der Waals surface area contributed by atoms with Crippen LogP contribution < -0.4 is 5.32 Å². The number of anilines is 1. The lowest BCUT2D eigenvalue weighted by atomic mass is 10.1. The maximum Gasteiger partial charge on any atom is 0.177 e. The summed E-state index contributed by atoms with van der Waals surface area (Å²) in [6.07, 6.45) is 4.62. The van der Waals surface area contributed by atoms with Crippen molar-refractivity contribution in [2.45, 2.75) is 24.3 Å². The minimum absolute atomic E-state index is 0.0347. The van der Waals surface area contributed by atoms with Crippen molar-refractivity contribution in [3.05, 3.63) is 35.7 Å². The summed E-state index contributed by atoms with van der Waals surface area (Å²) in [7, 11) is -3.29. The summed E-state index contributed by atoms with van der Waals surface area (Å²) in [5, 5.41) is 12.6. The molecule has 0 spiro atoms. The zero-order valence-electron chi connectivity index (χ0n) is 12.8. The van der Waals surface area contributed by atoms with Crippen LogP contribution in [0.2, 0.25) is 5.15 Å². The van der Waals surface area contributed by atoms with Crippen molar-refractivity contribution in [2.24, 2.45) is 0 Å². The van der Waals surface area contributed by atoms with Crippen molar-refractivity contribution in [1.29, 1.82) is 0 Å². The molecule has 2 aromatic rings. The molecule has 0 aliphatic carbocycles. The number of nitrogens with one attached hydrogen (secondary N) is 1. The van der Waals surface area contributed by atoms with Crippen LogP contribution in [-0.4, -0.2) is 42.4 Å². The van der Waals surface area contributed by atoms with Gasteiger partial charge in [0, 0.05) is 42.5 Å². The van der Waals surface area contributed by atoms with E-state index >= 15 is 0 Å². The number of aromatic nitrogens is 2. The van der Waals surface area contributed by atoms with Crippen LogP contribution >= 0.6 is 11.6 Å². The number of aliphatic hydroxyl groups excluding tert-OH is 1. The third-order valence-electron chi connectivity index (χ3n) is 3.28. The van der Waals surface area contributed by atoms with Gasteiger partial charge >= 0.3 is 0 Å². The van der Waals surface area contributed by atoms with Crippen LogP contribution in [0, 0.1) is 0 Å². The van der Waals surface area contributed by atoms with Gasteiger partial charge in [0.25, 0.3) is 0 Å². The molecule has 0 aromatic carbocycles. The molecule has 124 valence electrons. The first-order chi connectivity index (χ1) is 10.8. The van der Waals surface area contributed by atoms with Gasteiger partial charge < -0.3 is 10.4 Å². The monoisotopic (exact) mass is 355 g/mol. The van der Waals surface area contributed by atoms with Gasteiger partial charge in [0.1, 0.15) is 5.15 Å². The fraction of sp³-hybridized carbons (Fsp3) is 0.333. The Morgan fingerprint density at radius 2 is 2.04 bits per heavy atom. The molecule has 23 heavy (non-hydrogen) atoms. The number of hydrogen-bond donors (Lipinski definition) is 2. The molecule has 0 aliphatic rings. The number of nitrogens with zero attached hydrogens (tertiary/aromatic N) is 2. The van der Waals surface area contributed by atoms with Gasteiger partial charge in [-0.05, 0) is 31.5 Å². The van der Waals surface area contributed by atoms with Crippen molar-refractivity contribution < 1.29 is 13.5 Å². The van der Waals surface area contributed by atoms with Gasteiger partial charge in [0.15, 0.2) is 9.84 Å². The molecule has 0 bridgehead atoms. The first-order valence-corrected chi connectivity index (χ1v) is 9.27. The average Bonchev–Trinajstić information content (AvgIpc) is 2.47. The highest BCUT2D eigenvalue weighted by molar-refractivity contribution is 7.90. The van der Waals surface area contributed by atoms with Gasteiger partial charge in [-0.3, -0.25) is 4.98 Å². The normalized spacial score (nSPS) is 12.9. The summed E-state index contributed by atoms with van der Waals surface area (Å²) in [6.45, 7) is 2.01. The van der Waals surface area contributed by atoms with Gasteiger partial charge in [-0.1, -0.05) is 11.6 Å². The van der Waals surface area contributed by atoms with Crippen molar-refractivity contribution in [3.8, 4) is 11.3 Å². The number of halogens is 1. The lowest BCUT2D eigenvalue weighted by Gasteiger charge is -2.17. The quantitative estimate of drug-likeness (QED) is 0.773. The maximum absolute atomic E-state index is 11.5. The maximum atomic E-state index is 11.5. The second kappa shape index (κ2) is 7.25. The number of rotatable bonds is 6. The van der Waals surface area contributed by atoms with E-state index in [1.54, 1.807) is 18.3 Å². The summed E-state index contributed by atoms with van der Waals surface area (Å²) < 4.78 is 23.0. The van der Waals surface area contributed by atoms with Gasteiger partial charge in [0.2, 0.25) is 0 Å². The van der Waals surface area contributed by atoms with Crippen LogP contribution in [0.25, 0.3) is 11.3 Å². The number of hydrogen-bond acceptors (Lipinski definition) is 6. The highest BCUT2D eigenvalue weighted by Crippen LogP contribution is 2.29. The molecule has 2 aromatic heterocycles. The van der Waals surface area contributed by atoms with E-state index in [0.29, 0.717) is 22.8 Å². The smallest absolute Gasteiger partial charge is 0.177 e. The molecule has 0 saturated carbocycles. The summed E-state index contributed by atoms with van der Waals surface area (Å²) in [5.41, 5.74) is 2.02. The predicted molar refractivity (Wildman–Crippen MR) is 90.4 cm³/mol. The van der Waals surface area contributed by atoms with E-state index in [-0.39, 0.29) is 17.5 Å². The Morgan fingerprint density at radius 3 is 2.61 bits per heavy atom. The molecule has 1 atom stereocenters. The van der Waals surface area contributed by atoms with E-state index in [1.165, 1.54) is 12.3 Å². The predicted octanol–water partition coefficient (Wildman–Crippen LogP) is 2.38. The fourth-order valence-electron chi connectivity index (χ4n) is 2.04. The van der Waals surface area contributed by atoms with Gasteiger partial charge in [0.05, 0.1) is 10.6 Å². The summed E-state index contributed by atoms with van der Waals surface area (Å²) in [4.78, 5) is 8.42. The summed E-state index contributed by atoms with van der Waals surface area (Å²) in [6, 6.07) is 4.85. The molecule has 2 rings (SSSR count). The lowest BCUT2D eigenvalue weighted by Crippen LogP contribution is -2.17. The molecule has 6 nitrogen and oxygen atoms in total. The SMILES string of the molecule is C[C@@H](CCO)Nc1cc(Cl)ncc1-c1ccc(S(C)(=O)=O)cn1. The van der Waals surface area contributed by atoms with Crippen molar-refractivity contribution in [1.82, 2.24) is 9.97 Å². The van der Waals surface area contributed by atoms with E-state index in [2.05, 4.69) is 15.3 Å². The minimum Gasteiger partial charge on any atom is -0.396 e. The van der Waals surface area contributed by atoms with Crippen LogP contribution in [0.15, 0.2) is 35.5 Å². The van der Waals surface area contributed by atoms with E-state index in [1.807, 2.05) is 6.92 Å². The van der Waals surface area contributed by atoms with E-state index in [9.17, 15) is 8.42 Å². The molecule has 0 amide bonds. The molecule has 2 N–H and O–H groups in total. The van der Waals surface area contributed by atoms with E-state index < -0.39 is 9.84 Å². The van der Waals surface area contributed by atoms with Crippen molar-refractivity contribution in [3.63, 3.8) is 0 Å². The Kier molecular flexibility index (Phi) is 5.56. The molecule has 2 heterocycles. The molecule has 0 aliphatic heterocycles. The number of aliphatic hydroxyl groups is 1. The minimum atomic E-state index is -3.29. The lowest BCUT2D eigenvalue weighted by molar-refractivity contribution is 0.282. The molecular formula is C15H18ClN3O3S. The van der Waals surface area contributed by atoms with Gasteiger partial charge in [-0.15, -0.1) is 0 Å². The van der Waals surface area contributed by atoms with Gasteiger partial charge in [-0.25, -0.2) is 13.4 Å². The van der Waals surface area contributed by atoms with Crippen LogP contribution in [0.4, 0.5) is 5.69 Å². The summed E-state index contributed by atoms with van der Waals surface area (Å²) >= 11 is 5.95. The molecule has 0 radical (unpaired) electrons. The Labute approximate surface area is 140 Å². The first kappa shape index (κ1) is 17.7. The van der Waals surface area contributed by atoms with Crippen molar-refractivity contribution in [2.75, 3.05) is 18.2 Å². The fourth-order valence-corrected chi connectivity index (χ4v) is 2.76. The van der Waals surface area contributed by atoms with Crippen LogP contribution in [0.3, 0.4) is 0 Å². The highest BCUT2D eigenvalue weighted by Gasteiger charge is 2.13. The van der Waals surface area contributed by atoms with E-state index in [4.69, 9.17) is 16.7 Å². The van der Waals surface area contributed by atoms with E-state index in [0.717, 1.165) is 11.9 Å². The standard InChI is InChI=1S/C15H18ClN3O3S/c1-10(5-6-20)19-14-7-15(16)18-9-12(14)13-4-3-11(8-17-13)23(2,21)22/h3-4,7-10,20H,5-6H2,1-2H3,(H,18,19)/t10-/m0/s1. The van der Waals surface area contributed by atoms with Gasteiger partial charge in [-0.2, -0.15) is 0 Å². The number of pyridine rings is 2. The van der Waals surface area contributed by atoms with Crippen molar-refractivity contribution >= 4 is 27.1 Å². The zero-order chi connectivity index (χ0) is 17.0. The molecule has 8 heteroatoms. The molecular weight excluding hydrogens is 338 g/mol. The molecule has 0 saturated heterocycles. The Bertz CT molecular complexity index is 779. The summed E-state index contributed by atoms with van der Waals surface area (Å²) in [5.74, 6) is 0. The van der Waals surface area contributed by atoms with Crippen LogP contribution in [-0.2, 0) is 9.84 Å². The largest absolute Gasteiger partial charge is 0.396 e. The molecule has 0 fully saturated rings. The second-order valence-electron chi connectivity index (χ2n) is 5.26. The van der Waals surface area contributed by atoms with Crippen LogP contribution in [0.5, 0.6) is 0 Å². The Balaban J connectivity index is 2.39.